The first-order valence-electron chi connectivity index (χ1n) is 6.97. The Hall–Kier alpha value is -0.610. The van der Waals surface area contributed by atoms with E-state index in [2.05, 4.69) is 19.2 Å². The highest BCUT2D eigenvalue weighted by molar-refractivity contribution is 5.75. The molecule has 0 spiro atoms. The number of nitrogens with one attached hydrogen (secondary N) is 1. The fourth-order valence-electron chi connectivity index (χ4n) is 2.32. The van der Waals surface area contributed by atoms with Crippen LogP contribution in [0.3, 0.4) is 0 Å². The van der Waals surface area contributed by atoms with Crippen molar-refractivity contribution in [3.8, 4) is 0 Å². The first kappa shape index (κ1) is 15.4. The first-order chi connectivity index (χ1) is 8.37. The van der Waals surface area contributed by atoms with Crippen LogP contribution >= 0.6 is 0 Å². The molecule has 0 unspecified atom stereocenters. The lowest BCUT2D eigenvalue weighted by Gasteiger charge is -2.40. The topological polar surface area (TPSA) is 69.6 Å². The van der Waals surface area contributed by atoms with Crippen molar-refractivity contribution in [3.63, 3.8) is 0 Å². The number of hydrogen-bond donors (Lipinski definition) is 3. The third-order valence-electron chi connectivity index (χ3n) is 3.96. The van der Waals surface area contributed by atoms with Gasteiger partial charge in [-0.3, -0.25) is 4.79 Å². The fraction of sp³-hybridized carbons (Fsp3) is 0.929. The number of carbonyl (C=O) groups excluding carboxylic acids is 1. The predicted molar refractivity (Wildman–Crippen MR) is 71.1 cm³/mol. The molecule has 0 aromatic carbocycles. The van der Waals surface area contributed by atoms with Crippen LogP contribution in [0.4, 0.5) is 0 Å². The Labute approximate surface area is 110 Å². The van der Waals surface area contributed by atoms with Gasteiger partial charge in [0, 0.05) is 19.6 Å². The Bertz CT molecular complexity index is 266. The third-order valence-corrected chi connectivity index (χ3v) is 3.96. The maximum Gasteiger partial charge on any atom is 0.220 e. The number of rotatable bonds is 6. The van der Waals surface area contributed by atoms with Gasteiger partial charge in [-0.2, -0.15) is 0 Å². The number of aliphatic hydroxyl groups is 2. The largest absolute Gasteiger partial charge is 0.396 e. The van der Waals surface area contributed by atoms with Gasteiger partial charge in [0.05, 0.1) is 5.60 Å². The van der Waals surface area contributed by atoms with Crippen LogP contribution in [0.25, 0.3) is 0 Å². The van der Waals surface area contributed by atoms with Crippen LogP contribution in [-0.2, 0) is 4.79 Å². The second-order valence-corrected chi connectivity index (χ2v) is 6.35. The van der Waals surface area contributed by atoms with E-state index >= 15 is 0 Å². The Morgan fingerprint density at radius 3 is 2.33 bits per heavy atom. The zero-order valence-corrected chi connectivity index (χ0v) is 11.7. The molecule has 1 saturated carbocycles. The van der Waals surface area contributed by atoms with E-state index in [-0.39, 0.29) is 12.5 Å². The van der Waals surface area contributed by atoms with E-state index in [9.17, 15) is 9.90 Å². The van der Waals surface area contributed by atoms with Crippen molar-refractivity contribution in [2.24, 2.45) is 5.41 Å². The maximum atomic E-state index is 11.5. The molecule has 1 amide bonds. The van der Waals surface area contributed by atoms with Crippen LogP contribution in [-0.4, -0.2) is 34.9 Å². The van der Waals surface area contributed by atoms with Gasteiger partial charge in [0.15, 0.2) is 0 Å². The molecular weight excluding hydrogens is 230 g/mol. The van der Waals surface area contributed by atoms with Gasteiger partial charge in [-0.15, -0.1) is 0 Å². The molecule has 1 aliphatic carbocycles. The van der Waals surface area contributed by atoms with E-state index in [1.165, 1.54) is 0 Å². The SMILES string of the molecule is CC1(C)CCC(O)(CNC(=O)CCCCO)CC1. The van der Waals surface area contributed by atoms with E-state index in [0.717, 1.165) is 25.7 Å². The van der Waals surface area contributed by atoms with E-state index in [1.807, 2.05) is 0 Å². The normalized spacial score (nSPS) is 21.6. The summed E-state index contributed by atoms with van der Waals surface area (Å²) in [4.78, 5) is 11.5. The summed E-state index contributed by atoms with van der Waals surface area (Å²) in [5.41, 5.74) is -0.403. The molecular formula is C14H27NO3. The van der Waals surface area contributed by atoms with Crippen molar-refractivity contribution in [1.29, 1.82) is 0 Å². The van der Waals surface area contributed by atoms with E-state index in [1.54, 1.807) is 0 Å². The van der Waals surface area contributed by atoms with Crippen LogP contribution in [0.5, 0.6) is 0 Å². The molecule has 0 atom stereocenters. The molecule has 1 fully saturated rings. The van der Waals surface area contributed by atoms with Crippen molar-refractivity contribution in [2.45, 2.75) is 64.4 Å². The summed E-state index contributed by atoms with van der Waals surface area (Å²) >= 11 is 0. The van der Waals surface area contributed by atoms with Crippen LogP contribution in [0.15, 0.2) is 0 Å². The van der Waals surface area contributed by atoms with Gasteiger partial charge in [0.1, 0.15) is 0 Å². The van der Waals surface area contributed by atoms with Crippen molar-refractivity contribution >= 4 is 5.91 Å². The summed E-state index contributed by atoms with van der Waals surface area (Å²) in [5, 5.41) is 21.8. The Morgan fingerprint density at radius 1 is 1.17 bits per heavy atom. The van der Waals surface area contributed by atoms with Crippen molar-refractivity contribution < 1.29 is 15.0 Å². The number of carbonyl (C=O) groups is 1. The summed E-state index contributed by atoms with van der Waals surface area (Å²) in [6.45, 7) is 4.94. The molecule has 0 aliphatic heterocycles. The van der Waals surface area contributed by atoms with Gasteiger partial charge in [-0.25, -0.2) is 0 Å². The van der Waals surface area contributed by atoms with Crippen LogP contribution < -0.4 is 5.32 Å². The minimum absolute atomic E-state index is 0.0262. The Kier molecular flexibility index (Phi) is 5.60. The molecule has 1 rings (SSSR count). The van der Waals surface area contributed by atoms with Gasteiger partial charge < -0.3 is 15.5 Å². The molecule has 0 aromatic heterocycles. The lowest BCUT2D eigenvalue weighted by molar-refractivity contribution is -0.123. The molecule has 106 valence electrons. The second-order valence-electron chi connectivity index (χ2n) is 6.35. The lowest BCUT2D eigenvalue weighted by Crippen LogP contribution is -2.46. The van der Waals surface area contributed by atoms with Crippen molar-refractivity contribution in [1.82, 2.24) is 5.32 Å². The molecule has 0 saturated heterocycles. The molecule has 4 nitrogen and oxygen atoms in total. The highest BCUT2D eigenvalue weighted by Gasteiger charge is 2.36. The zero-order chi connectivity index (χ0) is 13.6. The summed E-state index contributed by atoms with van der Waals surface area (Å²) in [6, 6.07) is 0. The molecule has 3 N–H and O–H groups in total. The summed E-state index contributed by atoms with van der Waals surface area (Å²) in [6.07, 6.45) is 5.32. The molecule has 4 heteroatoms. The Morgan fingerprint density at radius 2 is 1.78 bits per heavy atom. The van der Waals surface area contributed by atoms with Gasteiger partial charge in [0.2, 0.25) is 5.91 Å². The summed E-state index contributed by atoms with van der Waals surface area (Å²) in [7, 11) is 0. The maximum absolute atomic E-state index is 11.5. The van der Waals surface area contributed by atoms with Gasteiger partial charge >= 0.3 is 0 Å². The molecule has 1 aliphatic rings. The highest BCUT2D eigenvalue weighted by atomic mass is 16.3. The fourth-order valence-corrected chi connectivity index (χ4v) is 2.32. The average Bonchev–Trinajstić information content (AvgIpc) is 2.32. The first-order valence-corrected chi connectivity index (χ1v) is 6.97. The minimum atomic E-state index is -0.720. The standard InChI is InChI=1S/C14H27NO3/c1-13(2)6-8-14(18,9-7-13)11-15-12(17)5-3-4-10-16/h16,18H,3-11H2,1-2H3,(H,15,17). The lowest BCUT2D eigenvalue weighted by atomic mass is 9.71. The van der Waals surface area contributed by atoms with Crippen LogP contribution in [0.2, 0.25) is 0 Å². The van der Waals surface area contributed by atoms with E-state index < -0.39 is 5.60 Å². The smallest absolute Gasteiger partial charge is 0.220 e. The molecule has 0 heterocycles. The number of amides is 1. The van der Waals surface area contributed by atoms with Gasteiger partial charge in [-0.1, -0.05) is 13.8 Å². The highest BCUT2D eigenvalue weighted by Crippen LogP contribution is 2.39. The van der Waals surface area contributed by atoms with E-state index in [0.29, 0.717) is 31.2 Å². The number of hydrogen-bond acceptors (Lipinski definition) is 3. The molecule has 0 bridgehead atoms. The van der Waals surface area contributed by atoms with Gasteiger partial charge in [0.25, 0.3) is 0 Å². The molecule has 0 aromatic rings. The van der Waals surface area contributed by atoms with Crippen LogP contribution in [0, 0.1) is 5.41 Å². The van der Waals surface area contributed by atoms with Crippen LogP contribution in [0.1, 0.15) is 58.8 Å². The van der Waals surface area contributed by atoms with Gasteiger partial charge in [-0.05, 0) is 43.9 Å². The van der Waals surface area contributed by atoms with Crippen molar-refractivity contribution in [3.05, 3.63) is 0 Å². The predicted octanol–water partition coefficient (Wildman–Crippen LogP) is 1.60. The monoisotopic (exact) mass is 257 g/mol. The minimum Gasteiger partial charge on any atom is -0.396 e. The molecule has 18 heavy (non-hydrogen) atoms. The zero-order valence-electron chi connectivity index (χ0n) is 11.7. The third kappa shape index (κ3) is 5.36. The Balaban J connectivity index is 2.24. The average molecular weight is 257 g/mol. The second kappa shape index (κ2) is 6.53. The van der Waals surface area contributed by atoms with Crippen molar-refractivity contribution in [2.75, 3.05) is 13.2 Å². The quantitative estimate of drug-likeness (QED) is 0.633. The molecule has 0 radical (unpaired) electrons. The number of aliphatic hydroxyl groups excluding tert-OH is 1. The number of unbranched alkanes of at least 4 members (excludes halogenated alkanes) is 1. The summed E-state index contributed by atoms with van der Waals surface area (Å²) in [5.74, 6) is -0.0262. The summed E-state index contributed by atoms with van der Waals surface area (Å²) < 4.78 is 0. The van der Waals surface area contributed by atoms with E-state index in [4.69, 9.17) is 5.11 Å².